The zero-order chi connectivity index (χ0) is 16.9. The smallest absolute Gasteiger partial charge is 0.239 e. The zero-order valence-electron chi connectivity index (χ0n) is 13.5. The van der Waals surface area contributed by atoms with E-state index in [0.717, 1.165) is 27.5 Å². The molecule has 1 heterocycles. The molecular weight excluding hydrogens is 368 g/mol. The SMILES string of the molecule is COc1ccc(CCNC(=O)Cn2ccc3c(Br)cccc32)cc1. The quantitative estimate of drug-likeness (QED) is 0.700. The van der Waals surface area contributed by atoms with E-state index in [1.807, 2.05) is 59.3 Å². The monoisotopic (exact) mass is 386 g/mol. The number of benzene rings is 2. The second-order valence-corrected chi connectivity index (χ2v) is 6.42. The first-order valence-electron chi connectivity index (χ1n) is 7.80. The summed E-state index contributed by atoms with van der Waals surface area (Å²) in [6, 6.07) is 15.9. The number of hydrogen-bond donors (Lipinski definition) is 1. The highest BCUT2D eigenvalue weighted by Crippen LogP contribution is 2.24. The van der Waals surface area contributed by atoms with Crippen molar-refractivity contribution < 1.29 is 9.53 Å². The number of aromatic nitrogens is 1. The number of hydrogen-bond acceptors (Lipinski definition) is 2. The highest BCUT2D eigenvalue weighted by Gasteiger charge is 2.07. The highest BCUT2D eigenvalue weighted by molar-refractivity contribution is 9.10. The summed E-state index contributed by atoms with van der Waals surface area (Å²) in [4.78, 5) is 12.2. The first kappa shape index (κ1) is 16.6. The third-order valence-electron chi connectivity index (χ3n) is 3.97. The molecule has 0 fully saturated rings. The summed E-state index contributed by atoms with van der Waals surface area (Å²) < 4.78 is 8.14. The van der Waals surface area contributed by atoms with E-state index in [4.69, 9.17) is 4.74 Å². The van der Waals surface area contributed by atoms with E-state index >= 15 is 0 Å². The number of amides is 1. The Hall–Kier alpha value is -2.27. The van der Waals surface area contributed by atoms with E-state index in [0.29, 0.717) is 13.1 Å². The van der Waals surface area contributed by atoms with Crippen LogP contribution in [0.15, 0.2) is 59.2 Å². The second-order valence-electron chi connectivity index (χ2n) is 5.56. The van der Waals surface area contributed by atoms with Gasteiger partial charge in [0.1, 0.15) is 12.3 Å². The van der Waals surface area contributed by atoms with Crippen LogP contribution in [0, 0.1) is 0 Å². The molecule has 0 radical (unpaired) electrons. The molecule has 0 unspecified atom stereocenters. The normalized spacial score (nSPS) is 10.8. The summed E-state index contributed by atoms with van der Waals surface area (Å²) in [5.41, 5.74) is 2.22. The molecule has 0 spiro atoms. The molecule has 0 bridgehead atoms. The third-order valence-corrected chi connectivity index (χ3v) is 4.66. The van der Waals surface area contributed by atoms with Gasteiger partial charge in [0.15, 0.2) is 0 Å². The van der Waals surface area contributed by atoms with Crippen molar-refractivity contribution in [1.29, 1.82) is 0 Å². The van der Waals surface area contributed by atoms with Gasteiger partial charge < -0.3 is 14.6 Å². The van der Waals surface area contributed by atoms with Crippen molar-refractivity contribution in [2.24, 2.45) is 0 Å². The number of ether oxygens (including phenoxy) is 1. The van der Waals surface area contributed by atoms with Gasteiger partial charge in [-0.25, -0.2) is 0 Å². The van der Waals surface area contributed by atoms with Crippen molar-refractivity contribution >= 4 is 32.7 Å². The van der Waals surface area contributed by atoms with Gasteiger partial charge in [-0.3, -0.25) is 4.79 Å². The van der Waals surface area contributed by atoms with E-state index in [1.165, 1.54) is 5.56 Å². The van der Waals surface area contributed by atoms with Gasteiger partial charge in [-0.2, -0.15) is 0 Å². The summed E-state index contributed by atoms with van der Waals surface area (Å²) in [7, 11) is 1.65. The largest absolute Gasteiger partial charge is 0.497 e. The lowest BCUT2D eigenvalue weighted by Gasteiger charge is -2.08. The number of fused-ring (bicyclic) bond motifs is 1. The Kier molecular flexibility index (Phi) is 5.20. The van der Waals surface area contributed by atoms with Crippen LogP contribution in [0.4, 0.5) is 0 Å². The van der Waals surface area contributed by atoms with E-state index < -0.39 is 0 Å². The molecule has 0 aliphatic heterocycles. The van der Waals surface area contributed by atoms with Crippen molar-refractivity contribution in [3.05, 3.63) is 64.8 Å². The number of rotatable bonds is 6. The molecule has 0 aliphatic rings. The molecule has 2 aromatic carbocycles. The predicted octanol–water partition coefficient (Wildman–Crippen LogP) is 3.77. The Morgan fingerprint density at radius 2 is 1.96 bits per heavy atom. The Balaban J connectivity index is 1.54. The summed E-state index contributed by atoms with van der Waals surface area (Å²) in [6.45, 7) is 0.941. The molecule has 1 N–H and O–H groups in total. The standard InChI is InChI=1S/C19H19BrN2O2/c1-24-15-7-5-14(6-8-15)9-11-21-19(23)13-22-12-10-16-17(20)3-2-4-18(16)22/h2-8,10,12H,9,11,13H2,1H3,(H,21,23). The van der Waals surface area contributed by atoms with Crippen molar-refractivity contribution in [2.75, 3.05) is 13.7 Å². The molecule has 0 saturated heterocycles. The molecule has 0 atom stereocenters. The molecule has 4 nitrogen and oxygen atoms in total. The lowest BCUT2D eigenvalue weighted by atomic mass is 10.1. The van der Waals surface area contributed by atoms with E-state index in [-0.39, 0.29) is 5.91 Å². The van der Waals surface area contributed by atoms with E-state index in [1.54, 1.807) is 7.11 Å². The molecule has 5 heteroatoms. The lowest BCUT2D eigenvalue weighted by Crippen LogP contribution is -2.29. The van der Waals surface area contributed by atoms with Gasteiger partial charge in [-0.15, -0.1) is 0 Å². The number of nitrogens with zero attached hydrogens (tertiary/aromatic N) is 1. The van der Waals surface area contributed by atoms with Crippen LogP contribution in [-0.4, -0.2) is 24.1 Å². The fourth-order valence-corrected chi connectivity index (χ4v) is 3.16. The number of nitrogens with one attached hydrogen (secondary N) is 1. The fourth-order valence-electron chi connectivity index (χ4n) is 2.67. The van der Waals surface area contributed by atoms with Crippen LogP contribution in [0.2, 0.25) is 0 Å². The minimum absolute atomic E-state index is 0.0148. The number of carbonyl (C=O) groups excluding carboxylic acids is 1. The second kappa shape index (κ2) is 7.53. The van der Waals surface area contributed by atoms with Crippen molar-refractivity contribution in [1.82, 2.24) is 9.88 Å². The van der Waals surface area contributed by atoms with Gasteiger partial charge in [-0.1, -0.05) is 34.1 Å². The van der Waals surface area contributed by atoms with Crippen LogP contribution in [-0.2, 0) is 17.8 Å². The van der Waals surface area contributed by atoms with Gasteiger partial charge in [0.25, 0.3) is 0 Å². The lowest BCUT2D eigenvalue weighted by molar-refractivity contribution is -0.121. The van der Waals surface area contributed by atoms with E-state index in [9.17, 15) is 4.79 Å². The Labute approximate surface area is 149 Å². The summed E-state index contributed by atoms with van der Waals surface area (Å²) in [6.07, 6.45) is 2.74. The molecule has 1 aromatic heterocycles. The maximum absolute atomic E-state index is 12.2. The van der Waals surface area contributed by atoms with Gasteiger partial charge >= 0.3 is 0 Å². The molecule has 3 aromatic rings. The third kappa shape index (κ3) is 3.79. The summed E-state index contributed by atoms with van der Waals surface area (Å²) in [5.74, 6) is 0.856. The van der Waals surface area contributed by atoms with Crippen LogP contribution in [0.1, 0.15) is 5.56 Å². The summed E-state index contributed by atoms with van der Waals surface area (Å²) in [5, 5.41) is 4.09. The Morgan fingerprint density at radius 1 is 1.17 bits per heavy atom. The first-order valence-corrected chi connectivity index (χ1v) is 8.59. The van der Waals surface area contributed by atoms with Crippen LogP contribution in [0.5, 0.6) is 5.75 Å². The first-order chi connectivity index (χ1) is 11.7. The average molecular weight is 387 g/mol. The van der Waals surface area contributed by atoms with Gasteiger partial charge in [0, 0.05) is 28.1 Å². The highest BCUT2D eigenvalue weighted by atomic mass is 79.9. The Bertz CT molecular complexity index is 840. The van der Waals surface area contributed by atoms with E-state index in [2.05, 4.69) is 21.2 Å². The minimum atomic E-state index is 0.0148. The fraction of sp³-hybridized carbons (Fsp3) is 0.211. The average Bonchev–Trinajstić information content (AvgIpc) is 3.00. The van der Waals surface area contributed by atoms with Gasteiger partial charge in [0.05, 0.1) is 7.11 Å². The molecule has 3 rings (SSSR count). The van der Waals surface area contributed by atoms with Crippen molar-refractivity contribution in [3.8, 4) is 5.75 Å². The van der Waals surface area contributed by atoms with Crippen LogP contribution < -0.4 is 10.1 Å². The number of carbonyl (C=O) groups is 1. The maximum Gasteiger partial charge on any atom is 0.239 e. The molecule has 0 saturated carbocycles. The number of methoxy groups -OCH3 is 1. The van der Waals surface area contributed by atoms with Gasteiger partial charge in [-0.05, 0) is 42.3 Å². The molecule has 124 valence electrons. The van der Waals surface area contributed by atoms with Crippen molar-refractivity contribution in [3.63, 3.8) is 0 Å². The zero-order valence-corrected chi connectivity index (χ0v) is 15.0. The van der Waals surface area contributed by atoms with Crippen molar-refractivity contribution in [2.45, 2.75) is 13.0 Å². The van der Waals surface area contributed by atoms with Gasteiger partial charge in [0.2, 0.25) is 5.91 Å². The topological polar surface area (TPSA) is 43.3 Å². The molecule has 1 amide bonds. The minimum Gasteiger partial charge on any atom is -0.497 e. The van der Waals surface area contributed by atoms with Crippen LogP contribution in [0.25, 0.3) is 10.9 Å². The molecule has 0 aliphatic carbocycles. The molecule has 24 heavy (non-hydrogen) atoms. The molecular formula is C19H19BrN2O2. The van der Waals surface area contributed by atoms with Crippen LogP contribution >= 0.6 is 15.9 Å². The number of halogens is 1. The maximum atomic E-state index is 12.2. The van der Waals surface area contributed by atoms with Crippen LogP contribution in [0.3, 0.4) is 0 Å². The Morgan fingerprint density at radius 3 is 2.71 bits per heavy atom. The predicted molar refractivity (Wildman–Crippen MR) is 99.3 cm³/mol. The summed E-state index contributed by atoms with van der Waals surface area (Å²) >= 11 is 3.53.